The molecule has 0 aromatic heterocycles. The monoisotopic (exact) mass is 216 g/mol. The molecule has 14 heavy (non-hydrogen) atoms. The first-order valence-corrected chi connectivity index (χ1v) is 6.86. The zero-order chi connectivity index (χ0) is 10.6. The summed E-state index contributed by atoms with van der Waals surface area (Å²) in [5.41, 5.74) is 6.19. The quantitative estimate of drug-likeness (QED) is 0.761. The second-order valence-electron chi connectivity index (χ2n) is 4.26. The van der Waals surface area contributed by atoms with Crippen molar-refractivity contribution >= 4 is 11.8 Å². The number of likely N-dealkylation sites (N-methyl/N-ethyl adjacent to an activating group) is 1. The van der Waals surface area contributed by atoms with Gasteiger partial charge in [0.25, 0.3) is 0 Å². The first kappa shape index (κ1) is 12.3. The van der Waals surface area contributed by atoms with E-state index in [2.05, 4.69) is 37.6 Å². The Kier molecular flexibility index (Phi) is 4.74. The predicted molar refractivity (Wildman–Crippen MR) is 65.9 cm³/mol. The van der Waals surface area contributed by atoms with Gasteiger partial charge in [0.1, 0.15) is 0 Å². The topological polar surface area (TPSA) is 29.3 Å². The fraction of sp³-hybridized carbons (Fsp3) is 1.00. The number of hydrogen-bond acceptors (Lipinski definition) is 3. The molecule has 1 aliphatic heterocycles. The lowest BCUT2D eigenvalue weighted by atomic mass is 9.89. The Morgan fingerprint density at radius 1 is 1.43 bits per heavy atom. The van der Waals surface area contributed by atoms with Gasteiger partial charge in [-0.3, -0.25) is 4.90 Å². The molecule has 84 valence electrons. The Balaban J connectivity index is 2.65. The number of rotatable bonds is 5. The molecule has 0 aromatic carbocycles. The molecule has 1 atom stereocenters. The minimum atomic E-state index is 0.246. The summed E-state index contributed by atoms with van der Waals surface area (Å²) < 4.78 is 0. The van der Waals surface area contributed by atoms with E-state index in [-0.39, 0.29) is 5.54 Å². The highest BCUT2D eigenvalue weighted by Gasteiger charge is 2.35. The van der Waals surface area contributed by atoms with Gasteiger partial charge in [-0.25, -0.2) is 0 Å². The summed E-state index contributed by atoms with van der Waals surface area (Å²) >= 11 is 2.08. The molecule has 2 N–H and O–H groups in total. The maximum Gasteiger partial charge on any atom is 0.0326 e. The van der Waals surface area contributed by atoms with Crippen molar-refractivity contribution in [2.75, 3.05) is 25.1 Å². The lowest BCUT2D eigenvalue weighted by molar-refractivity contribution is 0.0792. The van der Waals surface area contributed by atoms with Crippen molar-refractivity contribution in [2.45, 2.75) is 44.7 Å². The maximum absolute atomic E-state index is 5.95. The maximum atomic E-state index is 5.95. The van der Waals surface area contributed by atoms with E-state index in [0.717, 1.165) is 25.4 Å². The smallest absolute Gasteiger partial charge is 0.0326 e. The van der Waals surface area contributed by atoms with Gasteiger partial charge in [0.15, 0.2) is 0 Å². The predicted octanol–water partition coefficient (Wildman–Crippen LogP) is 1.94. The molecule has 1 aliphatic rings. The standard InChI is InChI=1S/C11H24N2S/c1-4-11(5-2,9-12)13(3)10-6-7-14-8-10/h10H,4-9,12H2,1-3H3. The van der Waals surface area contributed by atoms with Crippen LogP contribution < -0.4 is 5.73 Å². The molecule has 1 fully saturated rings. The third kappa shape index (κ3) is 2.26. The fourth-order valence-corrected chi connectivity index (χ4v) is 3.66. The van der Waals surface area contributed by atoms with Crippen LogP contribution in [0.5, 0.6) is 0 Å². The van der Waals surface area contributed by atoms with E-state index in [1.54, 1.807) is 0 Å². The Hall–Kier alpha value is 0.270. The Morgan fingerprint density at radius 3 is 2.43 bits per heavy atom. The Bertz CT molecular complexity index is 154. The summed E-state index contributed by atoms with van der Waals surface area (Å²) in [5.74, 6) is 2.61. The lowest BCUT2D eigenvalue weighted by Gasteiger charge is -2.43. The molecule has 0 saturated carbocycles. The van der Waals surface area contributed by atoms with Crippen LogP contribution in [0, 0.1) is 0 Å². The first-order valence-electron chi connectivity index (χ1n) is 5.71. The molecule has 3 heteroatoms. The summed E-state index contributed by atoms with van der Waals surface area (Å²) in [4.78, 5) is 2.55. The molecule has 0 aliphatic carbocycles. The summed E-state index contributed by atoms with van der Waals surface area (Å²) in [5, 5.41) is 0. The number of nitrogens with zero attached hydrogens (tertiary/aromatic N) is 1. The largest absolute Gasteiger partial charge is 0.329 e. The van der Waals surface area contributed by atoms with E-state index >= 15 is 0 Å². The molecule has 0 aromatic rings. The normalized spacial score (nSPS) is 23.4. The molecular weight excluding hydrogens is 192 g/mol. The van der Waals surface area contributed by atoms with Crippen LogP contribution in [-0.2, 0) is 0 Å². The number of nitrogens with two attached hydrogens (primary N) is 1. The van der Waals surface area contributed by atoms with Gasteiger partial charge in [-0.15, -0.1) is 0 Å². The molecule has 2 nitrogen and oxygen atoms in total. The van der Waals surface area contributed by atoms with Crippen LogP contribution in [0.3, 0.4) is 0 Å². The SMILES string of the molecule is CCC(CC)(CN)N(C)C1CCSC1. The van der Waals surface area contributed by atoms with E-state index in [0.29, 0.717) is 0 Å². The van der Waals surface area contributed by atoms with Crippen LogP contribution >= 0.6 is 11.8 Å². The van der Waals surface area contributed by atoms with Gasteiger partial charge in [0.05, 0.1) is 0 Å². The van der Waals surface area contributed by atoms with Gasteiger partial charge >= 0.3 is 0 Å². The van der Waals surface area contributed by atoms with Gasteiger partial charge in [-0.05, 0) is 32.1 Å². The van der Waals surface area contributed by atoms with Crippen molar-refractivity contribution in [3.8, 4) is 0 Å². The first-order chi connectivity index (χ1) is 6.70. The number of hydrogen-bond donors (Lipinski definition) is 1. The van der Waals surface area contributed by atoms with Crippen molar-refractivity contribution in [3.05, 3.63) is 0 Å². The van der Waals surface area contributed by atoms with Crippen molar-refractivity contribution < 1.29 is 0 Å². The molecule has 0 bridgehead atoms. The molecule has 1 rings (SSSR count). The summed E-state index contributed by atoms with van der Waals surface area (Å²) in [7, 11) is 2.26. The second-order valence-corrected chi connectivity index (χ2v) is 5.41. The van der Waals surface area contributed by atoms with Crippen LogP contribution in [0.25, 0.3) is 0 Å². The molecule has 1 saturated heterocycles. The van der Waals surface area contributed by atoms with Gasteiger partial charge in [-0.2, -0.15) is 11.8 Å². The van der Waals surface area contributed by atoms with Crippen molar-refractivity contribution in [1.82, 2.24) is 4.90 Å². The summed E-state index contributed by atoms with van der Waals surface area (Å²) in [6.07, 6.45) is 3.66. The lowest BCUT2D eigenvalue weighted by Crippen LogP contribution is -2.55. The van der Waals surface area contributed by atoms with Gasteiger partial charge in [0, 0.05) is 23.9 Å². The highest BCUT2D eigenvalue weighted by Crippen LogP contribution is 2.30. The molecule has 0 radical (unpaired) electrons. The van der Waals surface area contributed by atoms with Crippen molar-refractivity contribution in [3.63, 3.8) is 0 Å². The van der Waals surface area contributed by atoms with Crippen molar-refractivity contribution in [2.24, 2.45) is 5.73 Å². The highest BCUT2D eigenvalue weighted by molar-refractivity contribution is 7.99. The Labute approximate surface area is 92.6 Å². The van der Waals surface area contributed by atoms with E-state index < -0.39 is 0 Å². The van der Waals surface area contributed by atoms with Gasteiger partial charge in [-0.1, -0.05) is 13.8 Å². The van der Waals surface area contributed by atoms with Crippen LogP contribution in [0.4, 0.5) is 0 Å². The fourth-order valence-electron chi connectivity index (χ4n) is 2.40. The molecule has 1 heterocycles. The number of thioether (sulfide) groups is 1. The second kappa shape index (κ2) is 5.38. The highest BCUT2D eigenvalue weighted by atomic mass is 32.2. The Morgan fingerprint density at radius 2 is 2.07 bits per heavy atom. The van der Waals surface area contributed by atoms with Gasteiger partial charge < -0.3 is 5.73 Å². The minimum absolute atomic E-state index is 0.246. The van der Waals surface area contributed by atoms with Crippen molar-refractivity contribution in [1.29, 1.82) is 0 Å². The van der Waals surface area contributed by atoms with Crippen LogP contribution in [-0.4, -0.2) is 41.6 Å². The summed E-state index contributed by atoms with van der Waals surface area (Å²) in [6, 6.07) is 0.753. The molecule has 0 spiro atoms. The van der Waals surface area contributed by atoms with Gasteiger partial charge in [0.2, 0.25) is 0 Å². The van der Waals surface area contributed by atoms with E-state index in [1.807, 2.05) is 0 Å². The zero-order valence-corrected chi connectivity index (χ0v) is 10.6. The van der Waals surface area contributed by atoms with Crippen LogP contribution in [0.1, 0.15) is 33.1 Å². The third-order valence-corrected chi connectivity index (χ3v) is 5.04. The average molecular weight is 216 g/mol. The molecule has 0 amide bonds. The van der Waals surface area contributed by atoms with E-state index in [4.69, 9.17) is 5.73 Å². The average Bonchev–Trinajstić information content (AvgIpc) is 2.74. The zero-order valence-electron chi connectivity index (χ0n) is 9.75. The van der Waals surface area contributed by atoms with E-state index in [1.165, 1.54) is 17.9 Å². The minimum Gasteiger partial charge on any atom is -0.329 e. The molecule has 1 unspecified atom stereocenters. The third-order valence-electron chi connectivity index (χ3n) is 3.90. The van der Waals surface area contributed by atoms with Crippen LogP contribution in [0.2, 0.25) is 0 Å². The van der Waals surface area contributed by atoms with E-state index in [9.17, 15) is 0 Å². The molecular formula is C11H24N2S. The summed E-state index contributed by atoms with van der Waals surface area (Å²) in [6.45, 7) is 5.31. The van der Waals surface area contributed by atoms with Crippen LogP contribution in [0.15, 0.2) is 0 Å².